The maximum absolute atomic E-state index is 12.5. The van der Waals surface area contributed by atoms with E-state index >= 15 is 0 Å². The van der Waals surface area contributed by atoms with Gasteiger partial charge in [0.2, 0.25) is 5.91 Å². The van der Waals surface area contributed by atoms with Crippen molar-refractivity contribution in [3.63, 3.8) is 0 Å². The van der Waals surface area contributed by atoms with Gasteiger partial charge < -0.3 is 15.8 Å². The zero-order valence-corrected chi connectivity index (χ0v) is 14.4. The molecule has 0 radical (unpaired) electrons. The highest BCUT2D eigenvalue weighted by atomic mass is 16.5. The fourth-order valence-corrected chi connectivity index (χ4v) is 3.08. The first-order chi connectivity index (χ1) is 12.0. The van der Waals surface area contributed by atoms with E-state index in [4.69, 9.17) is 10.5 Å². The molecule has 3 rings (SSSR count). The van der Waals surface area contributed by atoms with Crippen molar-refractivity contribution in [2.45, 2.75) is 26.2 Å². The van der Waals surface area contributed by atoms with E-state index < -0.39 is 5.91 Å². The lowest BCUT2D eigenvalue weighted by molar-refractivity contribution is -0.120. The zero-order valence-electron chi connectivity index (χ0n) is 14.4. The predicted octanol–water partition coefficient (Wildman–Crippen LogP) is 2.91. The monoisotopic (exact) mass is 338 g/mol. The third kappa shape index (κ3) is 3.99. The van der Waals surface area contributed by atoms with Crippen LogP contribution in [0.2, 0.25) is 0 Å². The van der Waals surface area contributed by atoms with Gasteiger partial charge in [-0.25, -0.2) is 0 Å². The van der Waals surface area contributed by atoms with Crippen molar-refractivity contribution in [1.29, 1.82) is 0 Å². The van der Waals surface area contributed by atoms with Crippen LogP contribution in [0.3, 0.4) is 0 Å². The molecule has 2 aromatic carbocycles. The molecule has 1 aliphatic rings. The minimum atomic E-state index is -0.522. The number of carbonyl (C=O) groups excluding carboxylic acids is 2. The fraction of sp³-hybridized carbons (Fsp3) is 0.300. The van der Waals surface area contributed by atoms with E-state index in [0.717, 1.165) is 17.7 Å². The number of primary amides is 1. The van der Waals surface area contributed by atoms with Crippen molar-refractivity contribution in [3.05, 3.63) is 59.2 Å². The molecule has 1 fully saturated rings. The number of carbonyl (C=O) groups is 2. The standard InChI is InChI=1S/C20H22N2O3/c1-12-5-3-4-6-15(12)16-10-17(16)20(24)22-18-8-7-14(9-13(18)2)25-11-19(21)23/h3-9,16-17H,10-11H2,1-2H3,(H2,21,23)(H,22,24)/t16-,17+/m1/s1. The van der Waals surface area contributed by atoms with Gasteiger partial charge in [-0.05, 0) is 61.1 Å². The molecular weight excluding hydrogens is 316 g/mol. The first kappa shape index (κ1) is 17.0. The molecule has 130 valence electrons. The van der Waals surface area contributed by atoms with E-state index in [9.17, 15) is 9.59 Å². The van der Waals surface area contributed by atoms with Crippen LogP contribution < -0.4 is 15.8 Å². The van der Waals surface area contributed by atoms with Gasteiger partial charge in [0.25, 0.3) is 5.91 Å². The number of rotatable bonds is 6. The number of nitrogens with one attached hydrogen (secondary N) is 1. The van der Waals surface area contributed by atoms with E-state index in [2.05, 4.69) is 24.4 Å². The Morgan fingerprint density at radius 2 is 1.92 bits per heavy atom. The maximum atomic E-state index is 12.5. The zero-order chi connectivity index (χ0) is 18.0. The summed E-state index contributed by atoms with van der Waals surface area (Å²) in [6, 6.07) is 13.5. The lowest BCUT2D eigenvalue weighted by atomic mass is 10.0. The van der Waals surface area contributed by atoms with Crippen molar-refractivity contribution in [1.82, 2.24) is 0 Å². The first-order valence-corrected chi connectivity index (χ1v) is 8.34. The Bertz CT molecular complexity index is 816. The Hall–Kier alpha value is -2.82. The van der Waals surface area contributed by atoms with Gasteiger partial charge >= 0.3 is 0 Å². The summed E-state index contributed by atoms with van der Waals surface area (Å²) in [4.78, 5) is 23.3. The van der Waals surface area contributed by atoms with Crippen molar-refractivity contribution >= 4 is 17.5 Å². The summed E-state index contributed by atoms with van der Waals surface area (Å²) in [6.07, 6.45) is 0.884. The number of nitrogens with two attached hydrogens (primary N) is 1. The molecule has 2 amide bonds. The highest BCUT2D eigenvalue weighted by molar-refractivity contribution is 5.96. The van der Waals surface area contributed by atoms with Crippen LogP contribution in [-0.2, 0) is 9.59 Å². The SMILES string of the molecule is Cc1cc(OCC(N)=O)ccc1NC(=O)[C@H]1C[C@@H]1c1ccccc1C. The Labute approximate surface area is 147 Å². The van der Waals surface area contributed by atoms with Crippen LogP contribution in [0.1, 0.15) is 29.0 Å². The van der Waals surface area contributed by atoms with Crippen LogP contribution in [0.15, 0.2) is 42.5 Å². The first-order valence-electron chi connectivity index (χ1n) is 8.34. The van der Waals surface area contributed by atoms with Gasteiger partial charge in [0, 0.05) is 11.6 Å². The summed E-state index contributed by atoms with van der Waals surface area (Å²) in [5.41, 5.74) is 9.19. The van der Waals surface area contributed by atoms with Crippen LogP contribution in [0.5, 0.6) is 5.75 Å². The largest absolute Gasteiger partial charge is 0.484 e. The molecule has 0 unspecified atom stereocenters. The van der Waals surface area contributed by atoms with E-state index in [1.807, 2.05) is 19.1 Å². The number of aryl methyl sites for hydroxylation is 2. The second-order valence-electron chi connectivity index (χ2n) is 6.53. The number of benzene rings is 2. The average Bonchev–Trinajstić information content (AvgIpc) is 3.36. The van der Waals surface area contributed by atoms with Crippen LogP contribution in [-0.4, -0.2) is 18.4 Å². The van der Waals surface area contributed by atoms with Crippen LogP contribution in [0.4, 0.5) is 5.69 Å². The van der Waals surface area contributed by atoms with Crippen LogP contribution in [0.25, 0.3) is 0 Å². The van der Waals surface area contributed by atoms with E-state index in [0.29, 0.717) is 11.7 Å². The molecule has 0 spiro atoms. The molecule has 2 atom stereocenters. The molecule has 0 aromatic heterocycles. The Kier molecular flexibility index (Phi) is 4.74. The minimum Gasteiger partial charge on any atom is -0.484 e. The molecule has 2 aromatic rings. The summed E-state index contributed by atoms with van der Waals surface area (Å²) in [5.74, 6) is 0.401. The molecule has 5 heteroatoms. The molecule has 0 saturated heterocycles. The quantitative estimate of drug-likeness (QED) is 0.850. The topological polar surface area (TPSA) is 81.4 Å². The van der Waals surface area contributed by atoms with Gasteiger partial charge in [-0.1, -0.05) is 24.3 Å². The fourth-order valence-electron chi connectivity index (χ4n) is 3.08. The lowest BCUT2D eigenvalue weighted by Crippen LogP contribution is -2.20. The summed E-state index contributed by atoms with van der Waals surface area (Å²) in [7, 11) is 0. The van der Waals surface area contributed by atoms with Crippen LogP contribution in [0, 0.1) is 19.8 Å². The van der Waals surface area contributed by atoms with Gasteiger partial charge in [0.1, 0.15) is 5.75 Å². The summed E-state index contributed by atoms with van der Waals surface area (Å²) in [5, 5.41) is 3.00. The van der Waals surface area contributed by atoms with Crippen LogP contribution >= 0.6 is 0 Å². The van der Waals surface area contributed by atoms with Gasteiger partial charge in [-0.3, -0.25) is 9.59 Å². The summed E-state index contributed by atoms with van der Waals surface area (Å²) < 4.78 is 5.27. The van der Waals surface area contributed by atoms with Gasteiger partial charge in [-0.2, -0.15) is 0 Å². The highest BCUT2D eigenvalue weighted by Gasteiger charge is 2.44. The Morgan fingerprint density at radius 3 is 2.60 bits per heavy atom. The van der Waals surface area contributed by atoms with E-state index in [1.165, 1.54) is 11.1 Å². The second kappa shape index (κ2) is 6.97. The number of hydrogen-bond acceptors (Lipinski definition) is 3. The van der Waals surface area contributed by atoms with E-state index in [-0.39, 0.29) is 18.4 Å². The Morgan fingerprint density at radius 1 is 1.16 bits per heavy atom. The summed E-state index contributed by atoms with van der Waals surface area (Å²) >= 11 is 0. The van der Waals surface area contributed by atoms with Crippen molar-refractivity contribution in [2.75, 3.05) is 11.9 Å². The minimum absolute atomic E-state index is 0.0197. The molecule has 1 aliphatic carbocycles. The molecule has 0 bridgehead atoms. The maximum Gasteiger partial charge on any atom is 0.255 e. The smallest absolute Gasteiger partial charge is 0.255 e. The molecule has 3 N–H and O–H groups in total. The molecule has 0 heterocycles. The molecular formula is C20H22N2O3. The third-order valence-electron chi connectivity index (χ3n) is 4.55. The average molecular weight is 338 g/mol. The lowest BCUT2D eigenvalue weighted by Gasteiger charge is -2.11. The highest BCUT2D eigenvalue weighted by Crippen LogP contribution is 2.49. The number of hydrogen-bond donors (Lipinski definition) is 2. The number of amides is 2. The van der Waals surface area contributed by atoms with Gasteiger partial charge in [-0.15, -0.1) is 0 Å². The molecule has 5 nitrogen and oxygen atoms in total. The van der Waals surface area contributed by atoms with E-state index in [1.54, 1.807) is 18.2 Å². The Balaban J connectivity index is 1.62. The second-order valence-corrected chi connectivity index (χ2v) is 6.53. The van der Waals surface area contributed by atoms with Gasteiger partial charge in [0.05, 0.1) is 0 Å². The van der Waals surface area contributed by atoms with Crippen molar-refractivity contribution in [3.8, 4) is 5.75 Å². The summed E-state index contributed by atoms with van der Waals surface area (Å²) in [6.45, 7) is 3.81. The molecule has 0 aliphatic heterocycles. The van der Waals surface area contributed by atoms with Crippen molar-refractivity contribution in [2.24, 2.45) is 11.7 Å². The molecule has 25 heavy (non-hydrogen) atoms. The normalized spacial score (nSPS) is 18.5. The van der Waals surface area contributed by atoms with Crippen molar-refractivity contribution < 1.29 is 14.3 Å². The van der Waals surface area contributed by atoms with Gasteiger partial charge in [0.15, 0.2) is 6.61 Å². The molecule has 1 saturated carbocycles. The number of ether oxygens (including phenoxy) is 1. The third-order valence-corrected chi connectivity index (χ3v) is 4.55. The number of anilines is 1. The predicted molar refractivity (Wildman–Crippen MR) is 96.5 cm³/mol.